The summed E-state index contributed by atoms with van der Waals surface area (Å²) >= 11 is 0. The molecule has 0 aliphatic heterocycles. The second-order valence-corrected chi connectivity index (χ2v) is 5.33. The van der Waals surface area contributed by atoms with Crippen LogP contribution in [-0.4, -0.2) is 18.6 Å². The van der Waals surface area contributed by atoms with Gasteiger partial charge in [0.2, 0.25) is 0 Å². The summed E-state index contributed by atoms with van der Waals surface area (Å²) in [6.45, 7) is 3.22. The van der Waals surface area contributed by atoms with Gasteiger partial charge in [-0.3, -0.25) is 0 Å². The summed E-state index contributed by atoms with van der Waals surface area (Å²) in [6, 6.07) is 1.54. The fourth-order valence-corrected chi connectivity index (χ4v) is 3.05. The summed E-state index contributed by atoms with van der Waals surface area (Å²) in [6.07, 6.45) is 8.25. The normalized spacial score (nSPS) is 43.3. The minimum atomic E-state index is 0.728. The van der Waals surface area contributed by atoms with Crippen molar-refractivity contribution in [2.24, 2.45) is 17.6 Å². The van der Waals surface area contributed by atoms with Crippen molar-refractivity contribution < 1.29 is 0 Å². The Hall–Kier alpha value is -0.0800. The Bertz CT molecular complexity index is 175. The van der Waals surface area contributed by atoms with E-state index in [2.05, 4.69) is 12.2 Å². The van der Waals surface area contributed by atoms with Gasteiger partial charge in [0.05, 0.1) is 0 Å². The van der Waals surface area contributed by atoms with Gasteiger partial charge in [-0.1, -0.05) is 19.8 Å². The molecule has 14 heavy (non-hydrogen) atoms. The highest BCUT2D eigenvalue weighted by Crippen LogP contribution is 2.30. The second kappa shape index (κ2) is 4.63. The zero-order valence-electron chi connectivity index (χ0n) is 9.34. The van der Waals surface area contributed by atoms with Crippen molar-refractivity contribution in [2.45, 2.75) is 57.5 Å². The van der Waals surface area contributed by atoms with Crippen LogP contribution in [0.1, 0.15) is 45.4 Å². The van der Waals surface area contributed by atoms with E-state index in [0.29, 0.717) is 0 Å². The van der Waals surface area contributed by atoms with E-state index in [1.54, 1.807) is 0 Å². The summed E-state index contributed by atoms with van der Waals surface area (Å²) in [5, 5.41) is 3.81. The van der Waals surface area contributed by atoms with E-state index in [0.717, 1.165) is 30.5 Å². The molecular weight excluding hydrogens is 172 g/mol. The van der Waals surface area contributed by atoms with E-state index in [9.17, 15) is 0 Å². The zero-order chi connectivity index (χ0) is 9.97. The SMILES string of the molecule is CC1CC(NC2CCCCC2CN)C1. The lowest BCUT2D eigenvalue weighted by Crippen LogP contribution is -2.50. The van der Waals surface area contributed by atoms with Crippen LogP contribution in [0, 0.1) is 11.8 Å². The monoisotopic (exact) mass is 196 g/mol. The molecule has 82 valence electrons. The van der Waals surface area contributed by atoms with E-state index < -0.39 is 0 Å². The first-order chi connectivity index (χ1) is 6.79. The molecule has 2 nitrogen and oxygen atoms in total. The van der Waals surface area contributed by atoms with Gasteiger partial charge in [0.25, 0.3) is 0 Å². The number of nitrogens with two attached hydrogens (primary N) is 1. The largest absolute Gasteiger partial charge is 0.330 e. The average Bonchev–Trinajstić information content (AvgIpc) is 2.16. The zero-order valence-corrected chi connectivity index (χ0v) is 9.34. The molecule has 2 unspecified atom stereocenters. The van der Waals surface area contributed by atoms with Crippen LogP contribution in [0.4, 0.5) is 0 Å². The standard InChI is InChI=1S/C12H24N2/c1-9-6-11(7-9)14-12-5-3-2-4-10(12)8-13/h9-12,14H,2-8,13H2,1H3. The lowest BCUT2D eigenvalue weighted by molar-refractivity contribution is 0.173. The molecule has 2 saturated carbocycles. The average molecular weight is 196 g/mol. The molecule has 0 amide bonds. The van der Waals surface area contributed by atoms with E-state index in [-0.39, 0.29) is 0 Å². The van der Waals surface area contributed by atoms with Crippen LogP contribution in [0.5, 0.6) is 0 Å². The first-order valence-electron chi connectivity index (χ1n) is 6.25. The summed E-state index contributed by atoms with van der Waals surface area (Å²) < 4.78 is 0. The highest BCUT2D eigenvalue weighted by molar-refractivity contribution is 4.89. The van der Waals surface area contributed by atoms with Crippen LogP contribution in [0.2, 0.25) is 0 Å². The highest BCUT2D eigenvalue weighted by atomic mass is 15.0. The molecule has 2 rings (SSSR count). The molecule has 0 aromatic heterocycles. The molecule has 2 heteroatoms. The van der Waals surface area contributed by atoms with Crippen molar-refractivity contribution in [1.29, 1.82) is 0 Å². The van der Waals surface area contributed by atoms with E-state index in [4.69, 9.17) is 5.73 Å². The Balaban J connectivity index is 1.77. The van der Waals surface area contributed by atoms with Gasteiger partial charge in [0, 0.05) is 12.1 Å². The van der Waals surface area contributed by atoms with Crippen molar-refractivity contribution in [3.05, 3.63) is 0 Å². The first kappa shape index (κ1) is 10.4. The molecule has 0 heterocycles. The minimum Gasteiger partial charge on any atom is -0.330 e. The fourth-order valence-electron chi connectivity index (χ4n) is 3.05. The Morgan fingerprint density at radius 2 is 1.93 bits per heavy atom. The molecule has 3 N–H and O–H groups in total. The van der Waals surface area contributed by atoms with E-state index >= 15 is 0 Å². The summed E-state index contributed by atoms with van der Waals surface area (Å²) in [7, 11) is 0. The highest BCUT2D eigenvalue weighted by Gasteiger charge is 2.31. The Morgan fingerprint density at radius 3 is 2.57 bits per heavy atom. The van der Waals surface area contributed by atoms with Crippen molar-refractivity contribution in [2.75, 3.05) is 6.54 Å². The maximum absolute atomic E-state index is 5.82. The molecule has 0 radical (unpaired) electrons. The first-order valence-corrected chi connectivity index (χ1v) is 6.25. The minimum absolute atomic E-state index is 0.728. The Labute approximate surface area is 87.6 Å². The van der Waals surface area contributed by atoms with Gasteiger partial charge < -0.3 is 11.1 Å². The number of nitrogens with one attached hydrogen (secondary N) is 1. The molecule has 2 atom stereocenters. The molecule has 2 aliphatic carbocycles. The molecule has 2 aliphatic rings. The topological polar surface area (TPSA) is 38.0 Å². The van der Waals surface area contributed by atoms with Crippen LogP contribution in [0.25, 0.3) is 0 Å². The van der Waals surface area contributed by atoms with Gasteiger partial charge in [-0.25, -0.2) is 0 Å². The van der Waals surface area contributed by atoms with Crippen molar-refractivity contribution in [1.82, 2.24) is 5.32 Å². The number of hydrogen-bond acceptors (Lipinski definition) is 2. The van der Waals surface area contributed by atoms with Crippen LogP contribution in [0.15, 0.2) is 0 Å². The van der Waals surface area contributed by atoms with Gasteiger partial charge in [-0.15, -0.1) is 0 Å². The number of rotatable bonds is 3. The third kappa shape index (κ3) is 2.29. The molecular formula is C12H24N2. The van der Waals surface area contributed by atoms with E-state index in [1.165, 1.54) is 38.5 Å². The quantitative estimate of drug-likeness (QED) is 0.723. The third-order valence-corrected chi connectivity index (χ3v) is 4.04. The van der Waals surface area contributed by atoms with Gasteiger partial charge in [0.15, 0.2) is 0 Å². The molecule has 0 aromatic carbocycles. The summed E-state index contributed by atoms with van der Waals surface area (Å²) in [5.74, 6) is 1.70. The summed E-state index contributed by atoms with van der Waals surface area (Å²) in [5.41, 5.74) is 5.82. The van der Waals surface area contributed by atoms with Crippen LogP contribution >= 0.6 is 0 Å². The number of hydrogen-bond donors (Lipinski definition) is 2. The fraction of sp³-hybridized carbons (Fsp3) is 1.00. The van der Waals surface area contributed by atoms with Gasteiger partial charge in [0.1, 0.15) is 0 Å². The molecule has 0 saturated heterocycles. The maximum Gasteiger partial charge on any atom is 0.0110 e. The molecule has 2 fully saturated rings. The lowest BCUT2D eigenvalue weighted by Gasteiger charge is -2.40. The van der Waals surface area contributed by atoms with Crippen LogP contribution < -0.4 is 11.1 Å². The molecule has 0 aromatic rings. The smallest absolute Gasteiger partial charge is 0.0110 e. The van der Waals surface area contributed by atoms with Crippen LogP contribution in [0.3, 0.4) is 0 Å². The Morgan fingerprint density at radius 1 is 1.21 bits per heavy atom. The van der Waals surface area contributed by atoms with E-state index in [1.807, 2.05) is 0 Å². The molecule has 0 spiro atoms. The van der Waals surface area contributed by atoms with Gasteiger partial charge in [-0.05, 0) is 44.1 Å². The predicted molar refractivity (Wildman–Crippen MR) is 60.1 cm³/mol. The third-order valence-electron chi connectivity index (χ3n) is 4.04. The maximum atomic E-state index is 5.82. The Kier molecular flexibility index (Phi) is 3.45. The van der Waals surface area contributed by atoms with Gasteiger partial charge in [-0.2, -0.15) is 0 Å². The van der Waals surface area contributed by atoms with Crippen molar-refractivity contribution in [3.8, 4) is 0 Å². The van der Waals surface area contributed by atoms with Crippen molar-refractivity contribution in [3.63, 3.8) is 0 Å². The van der Waals surface area contributed by atoms with Crippen LogP contribution in [-0.2, 0) is 0 Å². The van der Waals surface area contributed by atoms with Gasteiger partial charge >= 0.3 is 0 Å². The van der Waals surface area contributed by atoms with Crippen molar-refractivity contribution >= 4 is 0 Å². The predicted octanol–water partition coefficient (Wildman–Crippen LogP) is 1.89. The second-order valence-electron chi connectivity index (χ2n) is 5.33. The molecule has 0 bridgehead atoms. The summed E-state index contributed by atoms with van der Waals surface area (Å²) in [4.78, 5) is 0. The lowest BCUT2D eigenvalue weighted by atomic mass is 9.78.